The zero-order valence-corrected chi connectivity index (χ0v) is 10.1. The van der Waals surface area contributed by atoms with Crippen molar-refractivity contribution in [2.75, 3.05) is 19.6 Å². The van der Waals surface area contributed by atoms with E-state index in [0.717, 1.165) is 45.3 Å². The second-order valence-corrected chi connectivity index (χ2v) is 4.95. The van der Waals surface area contributed by atoms with Gasteiger partial charge in [-0.2, -0.15) is 0 Å². The molecule has 2 saturated heterocycles. The molecule has 2 heterocycles. The average molecular weight is 239 g/mol. The topological polar surface area (TPSA) is 70.2 Å². The molecule has 96 valence electrons. The Kier molecular flexibility index (Phi) is 4.36. The average Bonchev–Trinajstić information content (AvgIpc) is 2.82. The van der Waals surface area contributed by atoms with Crippen molar-refractivity contribution in [3.8, 4) is 0 Å². The van der Waals surface area contributed by atoms with Crippen LogP contribution < -0.4 is 16.0 Å². The molecule has 3 N–H and O–H groups in total. The molecule has 5 heteroatoms. The summed E-state index contributed by atoms with van der Waals surface area (Å²) in [5.41, 5.74) is 0. The van der Waals surface area contributed by atoms with Crippen LogP contribution in [0.2, 0.25) is 0 Å². The van der Waals surface area contributed by atoms with E-state index in [-0.39, 0.29) is 17.9 Å². The zero-order chi connectivity index (χ0) is 12.1. The predicted octanol–water partition coefficient (Wildman–Crippen LogP) is -0.229. The first kappa shape index (κ1) is 12.4. The smallest absolute Gasteiger partial charge is 0.242 e. The quantitative estimate of drug-likeness (QED) is 0.635. The van der Waals surface area contributed by atoms with Crippen LogP contribution in [0.15, 0.2) is 0 Å². The Morgan fingerprint density at radius 2 is 2.24 bits per heavy atom. The van der Waals surface area contributed by atoms with E-state index in [1.165, 1.54) is 0 Å². The Balaban J connectivity index is 1.67. The van der Waals surface area contributed by atoms with Crippen molar-refractivity contribution >= 4 is 11.8 Å². The highest BCUT2D eigenvalue weighted by atomic mass is 16.2. The van der Waals surface area contributed by atoms with Crippen molar-refractivity contribution in [2.24, 2.45) is 5.92 Å². The van der Waals surface area contributed by atoms with Gasteiger partial charge in [0.2, 0.25) is 11.8 Å². The summed E-state index contributed by atoms with van der Waals surface area (Å²) >= 11 is 0. The Bertz CT molecular complexity index is 287. The van der Waals surface area contributed by atoms with Crippen LogP contribution in [-0.2, 0) is 9.59 Å². The minimum atomic E-state index is -0.307. The molecule has 2 amide bonds. The summed E-state index contributed by atoms with van der Waals surface area (Å²) in [5, 5.41) is 8.88. The molecule has 2 aliphatic heterocycles. The van der Waals surface area contributed by atoms with Crippen LogP contribution in [-0.4, -0.2) is 37.5 Å². The number of hydrogen-bond acceptors (Lipinski definition) is 3. The molecule has 17 heavy (non-hydrogen) atoms. The Labute approximate surface area is 102 Å². The van der Waals surface area contributed by atoms with Gasteiger partial charge in [0, 0.05) is 13.0 Å². The van der Waals surface area contributed by atoms with Crippen LogP contribution in [0, 0.1) is 5.92 Å². The monoisotopic (exact) mass is 239 g/mol. The van der Waals surface area contributed by atoms with Gasteiger partial charge in [0.1, 0.15) is 6.04 Å². The summed E-state index contributed by atoms with van der Waals surface area (Å²) in [7, 11) is 0. The van der Waals surface area contributed by atoms with Gasteiger partial charge in [0.05, 0.1) is 0 Å². The van der Waals surface area contributed by atoms with E-state index in [2.05, 4.69) is 16.0 Å². The van der Waals surface area contributed by atoms with E-state index in [9.17, 15) is 9.59 Å². The van der Waals surface area contributed by atoms with Crippen molar-refractivity contribution in [1.82, 2.24) is 16.0 Å². The summed E-state index contributed by atoms with van der Waals surface area (Å²) in [5.74, 6) is 0.604. The molecule has 2 rings (SSSR count). The van der Waals surface area contributed by atoms with Gasteiger partial charge in [-0.1, -0.05) is 0 Å². The molecule has 0 radical (unpaired) electrons. The summed E-state index contributed by atoms with van der Waals surface area (Å²) in [6.07, 6.45) is 4.34. The van der Waals surface area contributed by atoms with Gasteiger partial charge in [-0.25, -0.2) is 0 Å². The Morgan fingerprint density at radius 1 is 1.35 bits per heavy atom. The van der Waals surface area contributed by atoms with Crippen molar-refractivity contribution in [3.05, 3.63) is 0 Å². The van der Waals surface area contributed by atoms with E-state index >= 15 is 0 Å². The third-order valence-corrected chi connectivity index (χ3v) is 3.56. The van der Waals surface area contributed by atoms with Crippen LogP contribution in [0.3, 0.4) is 0 Å². The summed E-state index contributed by atoms with van der Waals surface area (Å²) in [4.78, 5) is 23.2. The molecule has 0 aromatic carbocycles. The molecule has 2 atom stereocenters. The SMILES string of the molecule is O=C(CCC1CCNC1)NC1CCCNC1=O. The fourth-order valence-electron chi connectivity index (χ4n) is 2.47. The first-order valence-corrected chi connectivity index (χ1v) is 6.53. The maximum Gasteiger partial charge on any atom is 0.242 e. The van der Waals surface area contributed by atoms with E-state index < -0.39 is 0 Å². The molecule has 2 aliphatic rings. The standard InChI is InChI=1S/C12H21N3O2/c16-11(4-3-9-5-7-13-8-9)15-10-2-1-6-14-12(10)17/h9-10,13H,1-8H2,(H,14,17)(H,15,16). The molecule has 0 spiro atoms. The van der Waals surface area contributed by atoms with Gasteiger partial charge in [0.25, 0.3) is 0 Å². The fraction of sp³-hybridized carbons (Fsp3) is 0.833. The number of rotatable bonds is 4. The molecular weight excluding hydrogens is 218 g/mol. The van der Waals surface area contributed by atoms with Crippen molar-refractivity contribution in [3.63, 3.8) is 0 Å². The number of carbonyl (C=O) groups is 2. The van der Waals surface area contributed by atoms with E-state index in [4.69, 9.17) is 0 Å². The first-order chi connectivity index (χ1) is 8.25. The third-order valence-electron chi connectivity index (χ3n) is 3.56. The lowest BCUT2D eigenvalue weighted by molar-refractivity contribution is -0.130. The van der Waals surface area contributed by atoms with Gasteiger partial charge in [-0.05, 0) is 44.7 Å². The molecular formula is C12H21N3O2. The van der Waals surface area contributed by atoms with Gasteiger partial charge >= 0.3 is 0 Å². The van der Waals surface area contributed by atoms with Crippen LogP contribution in [0.4, 0.5) is 0 Å². The van der Waals surface area contributed by atoms with Gasteiger partial charge < -0.3 is 16.0 Å². The normalized spacial score (nSPS) is 28.8. The number of piperidine rings is 1. The lowest BCUT2D eigenvalue weighted by Gasteiger charge is -2.22. The minimum absolute atomic E-state index is 0.0129. The van der Waals surface area contributed by atoms with Gasteiger partial charge in [-0.15, -0.1) is 0 Å². The largest absolute Gasteiger partial charge is 0.354 e. The van der Waals surface area contributed by atoms with Crippen LogP contribution in [0.1, 0.15) is 32.1 Å². The van der Waals surface area contributed by atoms with E-state index in [0.29, 0.717) is 12.3 Å². The summed E-state index contributed by atoms with van der Waals surface area (Å²) in [6, 6.07) is -0.307. The summed E-state index contributed by atoms with van der Waals surface area (Å²) in [6.45, 7) is 2.83. The van der Waals surface area contributed by atoms with E-state index in [1.807, 2.05) is 0 Å². The molecule has 2 fully saturated rings. The maximum atomic E-state index is 11.7. The number of nitrogens with one attached hydrogen (secondary N) is 3. The first-order valence-electron chi connectivity index (χ1n) is 6.53. The van der Waals surface area contributed by atoms with Gasteiger partial charge in [0.15, 0.2) is 0 Å². The van der Waals surface area contributed by atoms with Gasteiger partial charge in [-0.3, -0.25) is 9.59 Å². The minimum Gasteiger partial charge on any atom is -0.354 e. The highest BCUT2D eigenvalue weighted by molar-refractivity contribution is 5.88. The molecule has 0 saturated carbocycles. The van der Waals surface area contributed by atoms with Crippen LogP contribution in [0.5, 0.6) is 0 Å². The second-order valence-electron chi connectivity index (χ2n) is 4.95. The Morgan fingerprint density at radius 3 is 2.94 bits per heavy atom. The number of hydrogen-bond donors (Lipinski definition) is 3. The van der Waals surface area contributed by atoms with Crippen molar-refractivity contribution < 1.29 is 9.59 Å². The molecule has 0 aromatic heterocycles. The molecule has 0 aromatic rings. The van der Waals surface area contributed by atoms with E-state index in [1.54, 1.807) is 0 Å². The third kappa shape index (κ3) is 3.70. The molecule has 5 nitrogen and oxygen atoms in total. The lowest BCUT2D eigenvalue weighted by atomic mass is 10.0. The molecule has 2 unspecified atom stereocenters. The molecule has 0 bridgehead atoms. The fourth-order valence-corrected chi connectivity index (χ4v) is 2.47. The van der Waals surface area contributed by atoms with Crippen molar-refractivity contribution in [2.45, 2.75) is 38.1 Å². The summed E-state index contributed by atoms with van der Waals surface area (Å²) < 4.78 is 0. The number of carbonyl (C=O) groups excluding carboxylic acids is 2. The zero-order valence-electron chi connectivity index (χ0n) is 10.1. The highest BCUT2D eigenvalue weighted by Gasteiger charge is 2.24. The van der Waals surface area contributed by atoms with Crippen LogP contribution in [0.25, 0.3) is 0 Å². The number of amides is 2. The predicted molar refractivity (Wildman–Crippen MR) is 64.4 cm³/mol. The Hall–Kier alpha value is -1.10. The highest BCUT2D eigenvalue weighted by Crippen LogP contribution is 2.14. The maximum absolute atomic E-state index is 11.7. The second kappa shape index (κ2) is 6.00. The molecule has 0 aliphatic carbocycles. The lowest BCUT2D eigenvalue weighted by Crippen LogP contribution is -2.50. The van der Waals surface area contributed by atoms with Crippen LogP contribution >= 0.6 is 0 Å². The van der Waals surface area contributed by atoms with Crippen molar-refractivity contribution in [1.29, 1.82) is 0 Å².